The molecule has 5 rings (SSSR count). The second-order valence-corrected chi connectivity index (χ2v) is 10.5. The van der Waals surface area contributed by atoms with Gasteiger partial charge in [0.2, 0.25) is 11.8 Å². The molecule has 2 aromatic heterocycles. The Morgan fingerprint density at radius 2 is 1.76 bits per heavy atom. The number of aromatic amines is 1. The summed E-state index contributed by atoms with van der Waals surface area (Å²) in [6, 6.07) is 11.9. The van der Waals surface area contributed by atoms with Crippen molar-refractivity contribution < 1.29 is 9.59 Å². The smallest absolute Gasteiger partial charge is 0.248 e. The Morgan fingerprint density at radius 1 is 1.00 bits per heavy atom. The van der Waals surface area contributed by atoms with E-state index in [9.17, 15) is 9.59 Å². The van der Waals surface area contributed by atoms with Gasteiger partial charge in [-0.2, -0.15) is 0 Å². The number of H-pyrrole nitrogens is 1. The van der Waals surface area contributed by atoms with Gasteiger partial charge in [-0.3, -0.25) is 9.59 Å². The van der Waals surface area contributed by atoms with Crippen molar-refractivity contribution in [3.8, 4) is 0 Å². The van der Waals surface area contributed by atoms with Crippen LogP contribution in [0, 0.1) is 0 Å². The van der Waals surface area contributed by atoms with Crippen LogP contribution in [-0.4, -0.2) is 33.8 Å². The average molecular weight is 464 g/mol. The molecule has 2 fully saturated rings. The molecule has 174 valence electrons. The van der Waals surface area contributed by atoms with E-state index in [4.69, 9.17) is 0 Å². The first-order valence-electron chi connectivity index (χ1n) is 12.4. The van der Waals surface area contributed by atoms with E-state index in [1.807, 2.05) is 46.8 Å². The number of nitrogens with one attached hydrogen (secondary N) is 2. The lowest BCUT2D eigenvalue weighted by atomic mass is 9.95. The number of para-hydroxylation sites is 1. The van der Waals surface area contributed by atoms with Crippen LogP contribution >= 0.6 is 11.3 Å². The van der Waals surface area contributed by atoms with Gasteiger partial charge in [-0.15, -0.1) is 11.3 Å². The summed E-state index contributed by atoms with van der Waals surface area (Å²) in [5, 5.41) is 6.41. The first-order chi connectivity index (χ1) is 16.2. The van der Waals surface area contributed by atoms with Crippen LogP contribution in [0.4, 0.5) is 0 Å². The Bertz CT molecular complexity index is 1080. The fourth-order valence-electron chi connectivity index (χ4n) is 5.64. The van der Waals surface area contributed by atoms with Crippen molar-refractivity contribution in [2.75, 3.05) is 0 Å². The third kappa shape index (κ3) is 4.86. The van der Waals surface area contributed by atoms with Crippen molar-refractivity contribution in [2.24, 2.45) is 0 Å². The van der Waals surface area contributed by atoms with Crippen LogP contribution < -0.4 is 5.32 Å². The van der Waals surface area contributed by atoms with E-state index >= 15 is 0 Å². The largest absolute Gasteiger partial charge is 0.361 e. The third-order valence-corrected chi connectivity index (χ3v) is 8.24. The number of carbonyl (C=O) groups excluding carboxylic acids is 2. The number of hydrogen-bond donors (Lipinski definition) is 2. The molecule has 2 N–H and O–H groups in total. The van der Waals surface area contributed by atoms with E-state index in [2.05, 4.69) is 16.4 Å². The van der Waals surface area contributed by atoms with Gasteiger partial charge in [0.25, 0.3) is 0 Å². The van der Waals surface area contributed by atoms with E-state index in [1.54, 1.807) is 11.3 Å². The Kier molecular flexibility index (Phi) is 6.81. The minimum atomic E-state index is -0.548. The van der Waals surface area contributed by atoms with Crippen LogP contribution in [0.25, 0.3) is 10.9 Å². The van der Waals surface area contributed by atoms with Gasteiger partial charge in [-0.25, -0.2) is 0 Å². The quantitative estimate of drug-likeness (QED) is 0.470. The number of carbonyl (C=O) groups is 2. The minimum Gasteiger partial charge on any atom is -0.361 e. The number of nitrogens with zero attached hydrogens (tertiary/aromatic N) is 1. The van der Waals surface area contributed by atoms with E-state index in [0.29, 0.717) is 6.42 Å². The molecule has 3 aromatic rings. The highest BCUT2D eigenvalue weighted by atomic mass is 32.1. The van der Waals surface area contributed by atoms with E-state index in [1.165, 1.54) is 19.3 Å². The monoisotopic (exact) mass is 463 g/mol. The number of rotatable bonds is 7. The van der Waals surface area contributed by atoms with Gasteiger partial charge in [0.1, 0.15) is 6.04 Å². The molecule has 2 aliphatic carbocycles. The highest BCUT2D eigenvalue weighted by molar-refractivity contribution is 7.10. The fourth-order valence-corrected chi connectivity index (χ4v) is 6.46. The second-order valence-electron chi connectivity index (χ2n) is 9.54. The van der Waals surface area contributed by atoms with Crippen LogP contribution in [-0.2, 0) is 16.0 Å². The lowest BCUT2D eigenvalue weighted by Crippen LogP contribution is -2.50. The normalized spacial score (nSPS) is 18.4. The number of benzene rings is 1. The molecule has 0 aliphatic heterocycles. The zero-order valence-corrected chi connectivity index (χ0v) is 19.9. The topological polar surface area (TPSA) is 65.2 Å². The fraction of sp³-hybridized carbons (Fsp3) is 0.481. The molecule has 2 heterocycles. The minimum absolute atomic E-state index is 0.0106. The lowest BCUT2D eigenvalue weighted by molar-refractivity contribution is -0.143. The van der Waals surface area contributed by atoms with Crippen LogP contribution in [0.5, 0.6) is 0 Å². The molecule has 33 heavy (non-hydrogen) atoms. The molecular weight excluding hydrogens is 430 g/mol. The molecule has 1 aromatic carbocycles. The summed E-state index contributed by atoms with van der Waals surface area (Å²) in [5.74, 6) is 0.0346. The van der Waals surface area contributed by atoms with E-state index in [-0.39, 0.29) is 23.9 Å². The van der Waals surface area contributed by atoms with Crippen molar-refractivity contribution in [3.05, 3.63) is 58.4 Å². The number of fused-ring (bicyclic) bond motifs is 1. The third-order valence-electron chi connectivity index (χ3n) is 7.31. The first-order valence-corrected chi connectivity index (χ1v) is 13.3. The molecule has 0 radical (unpaired) electrons. The molecule has 0 saturated heterocycles. The van der Waals surface area contributed by atoms with Crippen LogP contribution in [0.2, 0.25) is 0 Å². The second kappa shape index (κ2) is 10.1. The highest BCUT2D eigenvalue weighted by Gasteiger charge is 2.38. The summed E-state index contributed by atoms with van der Waals surface area (Å²) in [4.78, 5) is 33.8. The Morgan fingerprint density at radius 3 is 2.52 bits per heavy atom. The lowest BCUT2D eigenvalue weighted by Gasteiger charge is -2.36. The summed E-state index contributed by atoms with van der Waals surface area (Å²) in [5.41, 5.74) is 2.04. The number of amides is 2. The van der Waals surface area contributed by atoms with Crippen LogP contribution in [0.1, 0.15) is 74.3 Å². The maximum absolute atomic E-state index is 13.9. The molecule has 2 amide bonds. The van der Waals surface area contributed by atoms with Gasteiger partial charge in [0.05, 0.1) is 6.42 Å². The summed E-state index contributed by atoms with van der Waals surface area (Å²) >= 11 is 1.58. The Hall–Kier alpha value is -2.60. The summed E-state index contributed by atoms with van der Waals surface area (Å²) in [6.07, 6.45) is 12.1. The first kappa shape index (κ1) is 22.2. The molecule has 0 unspecified atom stereocenters. The van der Waals surface area contributed by atoms with Gasteiger partial charge >= 0.3 is 0 Å². The van der Waals surface area contributed by atoms with Gasteiger partial charge in [0.15, 0.2) is 0 Å². The van der Waals surface area contributed by atoms with Crippen molar-refractivity contribution in [1.29, 1.82) is 0 Å². The summed E-state index contributed by atoms with van der Waals surface area (Å²) in [7, 11) is 0. The van der Waals surface area contributed by atoms with Gasteiger partial charge in [-0.05, 0) is 48.8 Å². The van der Waals surface area contributed by atoms with Crippen LogP contribution in [0.3, 0.4) is 0 Å². The van der Waals surface area contributed by atoms with E-state index in [0.717, 1.165) is 59.9 Å². The number of aromatic nitrogens is 1. The SMILES string of the molecule is O=C(NC1CCCCC1)[C@H](c1cccs1)N(C(=O)Cc1c[nH]c2ccccc12)C1CCCC1. The maximum atomic E-state index is 13.9. The molecule has 2 saturated carbocycles. The zero-order valence-electron chi connectivity index (χ0n) is 19.1. The predicted molar refractivity (Wildman–Crippen MR) is 133 cm³/mol. The zero-order chi connectivity index (χ0) is 22.6. The molecule has 1 atom stereocenters. The Labute approximate surface area is 199 Å². The number of hydrogen-bond acceptors (Lipinski definition) is 3. The van der Waals surface area contributed by atoms with Gasteiger partial charge in [-0.1, -0.05) is 56.4 Å². The summed E-state index contributed by atoms with van der Waals surface area (Å²) in [6.45, 7) is 0. The maximum Gasteiger partial charge on any atom is 0.248 e. The van der Waals surface area contributed by atoms with Crippen molar-refractivity contribution >= 4 is 34.1 Å². The summed E-state index contributed by atoms with van der Waals surface area (Å²) < 4.78 is 0. The Balaban J connectivity index is 1.45. The molecule has 5 nitrogen and oxygen atoms in total. The molecule has 6 heteroatoms. The number of thiophene rings is 1. The highest BCUT2D eigenvalue weighted by Crippen LogP contribution is 2.35. The predicted octanol–water partition coefficient (Wildman–Crippen LogP) is 5.73. The van der Waals surface area contributed by atoms with E-state index < -0.39 is 6.04 Å². The molecular formula is C27H33N3O2S. The van der Waals surface area contributed by atoms with Gasteiger partial charge < -0.3 is 15.2 Å². The average Bonchev–Trinajstić information content (AvgIpc) is 3.61. The molecule has 0 spiro atoms. The molecule has 0 bridgehead atoms. The standard InChI is InChI=1S/C27H33N3O2S/c31-25(17-19-18-28-23-14-7-6-13-22(19)23)30(21-11-4-5-12-21)26(24-15-8-16-33-24)27(32)29-20-9-2-1-3-10-20/h6-8,13-16,18,20-21,26,28H,1-5,9-12,17H2,(H,29,32)/t26-/m0/s1. The van der Waals surface area contributed by atoms with Gasteiger partial charge in [0, 0.05) is 34.1 Å². The van der Waals surface area contributed by atoms with Crippen molar-refractivity contribution in [3.63, 3.8) is 0 Å². The van der Waals surface area contributed by atoms with Crippen molar-refractivity contribution in [2.45, 2.75) is 82.3 Å². The van der Waals surface area contributed by atoms with Crippen LogP contribution in [0.15, 0.2) is 48.0 Å². The molecule has 2 aliphatic rings. The van der Waals surface area contributed by atoms with Crippen molar-refractivity contribution in [1.82, 2.24) is 15.2 Å².